The predicted molar refractivity (Wildman–Crippen MR) is 89.5 cm³/mol. The van der Waals surface area contributed by atoms with Gasteiger partial charge in [-0.25, -0.2) is 0 Å². The highest BCUT2D eigenvalue weighted by molar-refractivity contribution is 5.03. The fourth-order valence-corrected chi connectivity index (χ4v) is 3.97. The molecule has 0 aromatic heterocycles. The molecule has 1 atom stereocenters. The Hall–Kier alpha value is -0.120. The van der Waals surface area contributed by atoms with Crippen molar-refractivity contribution in [3.8, 4) is 0 Å². The van der Waals surface area contributed by atoms with Crippen LogP contribution in [0.2, 0.25) is 0 Å². The monoisotopic (exact) mass is 296 g/mol. The Balaban J connectivity index is 1.93. The first kappa shape index (κ1) is 17.2. The largest absolute Gasteiger partial charge is 0.394 e. The molecule has 0 spiro atoms. The van der Waals surface area contributed by atoms with Gasteiger partial charge >= 0.3 is 0 Å². The van der Waals surface area contributed by atoms with Crippen LogP contribution in [0.25, 0.3) is 0 Å². The third-order valence-electron chi connectivity index (χ3n) is 5.83. The molecular formula is C18H36N2O. The lowest BCUT2D eigenvalue weighted by Crippen LogP contribution is -2.59. The summed E-state index contributed by atoms with van der Waals surface area (Å²) < 4.78 is 0. The number of aliphatic hydroxyl groups is 1. The van der Waals surface area contributed by atoms with Crippen LogP contribution < -0.4 is 5.32 Å². The Labute approximate surface area is 131 Å². The molecule has 2 rings (SSSR count). The Kier molecular flexibility index (Phi) is 5.72. The number of nitrogens with one attached hydrogen (secondary N) is 1. The molecule has 0 aromatic carbocycles. The van der Waals surface area contributed by atoms with Crippen molar-refractivity contribution in [1.29, 1.82) is 0 Å². The summed E-state index contributed by atoms with van der Waals surface area (Å²) in [5.41, 5.74) is 0.472. The second-order valence-electron chi connectivity index (χ2n) is 8.33. The molecule has 1 unspecified atom stereocenters. The number of aliphatic hydroxyl groups excluding tert-OH is 1. The van der Waals surface area contributed by atoms with Crippen molar-refractivity contribution in [3.63, 3.8) is 0 Å². The molecule has 0 saturated heterocycles. The Morgan fingerprint density at radius 1 is 1.19 bits per heavy atom. The third-order valence-corrected chi connectivity index (χ3v) is 5.83. The summed E-state index contributed by atoms with van der Waals surface area (Å²) in [5.74, 6) is 0.677. The van der Waals surface area contributed by atoms with Crippen LogP contribution in [-0.4, -0.2) is 48.3 Å². The maximum absolute atomic E-state index is 10.1. The van der Waals surface area contributed by atoms with E-state index in [1.165, 1.54) is 38.5 Å². The normalized spacial score (nSPS) is 26.0. The number of hydrogen-bond donors (Lipinski definition) is 2. The van der Waals surface area contributed by atoms with E-state index in [2.05, 4.69) is 38.0 Å². The number of likely N-dealkylation sites (N-methyl/N-ethyl adjacent to an activating group) is 1. The molecule has 3 heteroatoms. The van der Waals surface area contributed by atoms with Crippen LogP contribution in [0.5, 0.6) is 0 Å². The summed E-state index contributed by atoms with van der Waals surface area (Å²) in [5, 5.41) is 13.7. The fourth-order valence-electron chi connectivity index (χ4n) is 3.97. The summed E-state index contributed by atoms with van der Waals surface area (Å²) in [6, 6.07) is 0.700. The molecule has 0 radical (unpaired) electrons. The van der Waals surface area contributed by atoms with Crippen molar-refractivity contribution in [2.24, 2.45) is 11.3 Å². The van der Waals surface area contributed by atoms with Gasteiger partial charge in [-0.2, -0.15) is 0 Å². The predicted octanol–water partition coefficient (Wildman–Crippen LogP) is 3.03. The topological polar surface area (TPSA) is 35.5 Å². The van der Waals surface area contributed by atoms with Gasteiger partial charge in [0.2, 0.25) is 0 Å². The van der Waals surface area contributed by atoms with E-state index >= 15 is 0 Å². The molecule has 0 aromatic rings. The molecule has 0 heterocycles. The van der Waals surface area contributed by atoms with E-state index in [4.69, 9.17) is 0 Å². The standard InChI is InChI=1S/C18H36N2O/c1-5-12-19-18(14-21,15-6-7-15)13-20(4)16-8-10-17(2,3)11-9-16/h15-16,19,21H,5-14H2,1-4H3. The third kappa shape index (κ3) is 4.43. The zero-order valence-corrected chi connectivity index (χ0v) is 14.6. The Morgan fingerprint density at radius 3 is 2.29 bits per heavy atom. The van der Waals surface area contributed by atoms with Gasteiger partial charge in [0.25, 0.3) is 0 Å². The molecule has 0 amide bonds. The van der Waals surface area contributed by atoms with Crippen molar-refractivity contribution in [1.82, 2.24) is 10.2 Å². The van der Waals surface area contributed by atoms with Crippen molar-refractivity contribution in [3.05, 3.63) is 0 Å². The highest BCUT2D eigenvalue weighted by Gasteiger charge is 2.45. The zero-order chi connectivity index (χ0) is 15.5. The second-order valence-corrected chi connectivity index (χ2v) is 8.33. The van der Waals surface area contributed by atoms with Gasteiger partial charge in [0.05, 0.1) is 12.1 Å². The van der Waals surface area contributed by atoms with Crippen LogP contribution in [0.15, 0.2) is 0 Å². The molecule has 2 aliphatic carbocycles. The lowest BCUT2D eigenvalue weighted by atomic mass is 9.75. The van der Waals surface area contributed by atoms with Crippen LogP contribution in [-0.2, 0) is 0 Å². The minimum absolute atomic E-state index is 0.0578. The first-order valence-electron chi connectivity index (χ1n) is 8.98. The van der Waals surface area contributed by atoms with E-state index < -0.39 is 0 Å². The molecule has 2 saturated carbocycles. The van der Waals surface area contributed by atoms with Crippen LogP contribution in [0.4, 0.5) is 0 Å². The van der Waals surface area contributed by atoms with Gasteiger partial charge in [-0.3, -0.25) is 0 Å². The van der Waals surface area contributed by atoms with Crippen LogP contribution >= 0.6 is 0 Å². The van der Waals surface area contributed by atoms with E-state index in [1.807, 2.05) is 0 Å². The van der Waals surface area contributed by atoms with E-state index in [9.17, 15) is 5.11 Å². The van der Waals surface area contributed by atoms with E-state index in [1.54, 1.807) is 0 Å². The molecule has 0 bridgehead atoms. The van der Waals surface area contributed by atoms with Crippen molar-refractivity contribution >= 4 is 0 Å². The highest BCUT2D eigenvalue weighted by atomic mass is 16.3. The average Bonchev–Trinajstić information content (AvgIpc) is 3.28. The molecular weight excluding hydrogens is 260 g/mol. The molecule has 2 N–H and O–H groups in total. The van der Waals surface area contributed by atoms with Gasteiger partial charge < -0.3 is 15.3 Å². The summed E-state index contributed by atoms with van der Waals surface area (Å²) in [6.07, 6.45) is 8.98. The summed E-state index contributed by atoms with van der Waals surface area (Å²) in [7, 11) is 2.27. The van der Waals surface area contributed by atoms with Gasteiger partial charge in [0.15, 0.2) is 0 Å². The van der Waals surface area contributed by atoms with Gasteiger partial charge in [0.1, 0.15) is 0 Å². The highest BCUT2D eigenvalue weighted by Crippen LogP contribution is 2.41. The Bertz CT molecular complexity index is 317. The maximum atomic E-state index is 10.1. The van der Waals surface area contributed by atoms with Crippen molar-refractivity contribution < 1.29 is 5.11 Å². The lowest BCUT2D eigenvalue weighted by molar-refractivity contribution is 0.0599. The van der Waals surface area contributed by atoms with Gasteiger partial charge in [-0.05, 0) is 69.9 Å². The first-order valence-corrected chi connectivity index (χ1v) is 8.98. The van der Waals surface area contributed by atoms with Crippen molar-refractivity contribution in [2.45, 2.75) is 77.3 Å². The van der Waals surface area contributed by atoms with E-state index in [0.29, 0.717) is 17.4 Å². The number of hydrogen-bond acceptors (Lipinski definition) is 3. The van der Waals surface area contributed by atoms with Gasteiger partial charge in [-0.1, -0.05) is 20.8 Å². The average molecular weight is 296 g/mol. The second kappa shape index (κ2) is 6.97. The quantitative estimate of drug-likeness (QED) is 0.723. The van der Waals surface area contributed by atoms with Crippen molar-refractivity contribution in [2.75, 3.05) is 26.7 Å². The van der Waals surface area contributed by atoms with Crippen LogP contribution in [0.1, 0.15) is 65.7 Å². The van der Waals surface area contributed by atoms with E-state index in [-0.39, 0.29) is 12.1 Å². The molecule has 124 valence electrons. The Morgan fingerprint density at radius 2 is 1.81 bits per heavy atom. The number of rotatable bonds is 8. The molecule has 2 aliphatic rings. The first-order chi connectivity index (χ1) is 9.92. The number of nitrogens with zero attached hydrogens (tertiary/aromatic N) is 1. The van der Waals surface area contributed by atoms with Crippen LogP contribution in [0, 0.1) is 11.3 Å². The summed E-state index contributed by atoms with van der Waals surface area (Å²) in [4.78, 5) is 2.53. The van der Waals surface area contributed by atoms with Gasteiger partial charge in [-0.15, -0.1) is 0 Å². The minimum Gasteiger partial charge on any atom is -0.394 e. The summed E-state index contributed by atoms with van der Waals surface area (Å²) in [6.45, 7) is 9.29. The zero-order valence-electron chi connectivity index (χ0n) is 14.6. The smallest absolute Gasteiger partial charge is 0.0628 e. The molecule has 0 aliphatic heterocycles. The minimum atomic E-state index is -0.0578. The fraction of sp³-hybridized carbons (Fsp3) is 1.00. The molecule has 2 fully saturated rings. The summed E-state index contributed by atoms with van der Waals surface area (Å²) >= 11 is 0. The molecule has 21 heavy (non-hydrogen) atoms. The van der Waals surface area contributed by atoms with Crippen LogP contribution in [0.3, 0.4) is 0 Å². The van der Waals surface area contributed by atoms with Gasteiger partial charge in [0, 0.05) is 12.6 Å². The van der Waals surface area contributed by atoms with E-state index in [0.717, 1.165) is 19.5 Å². The molecule has 3 nitrogen and oxygen atoms in total. The maximum Gasteiger partial charge on any atom is 0.0628 e. The SMILES string of the molecule is CCCNC(CO)(CN(C)C1CCC(C)(C)CC1)C1CC1. The lowest BCUT2D eigenvalue weighted by Gasteiger charge is -2.43.